The van der Waals surface area contributed by atoms with Crippen molar-refractivity contribution in [2.45, 2.75) is 13.3 Å². The second-order valence-electron chi connectivity index (χ2n) is 2.70. The SMILES string of the molecule is CCc1ccc2ncc(Cl)n2c1. The summed E-state index contributed by atoms with van der Waals surface area (Å²) >= 11 is 5.90. The van der Waals surface area contributed by atoms with E-state index in [1.54, 1.807) is 6.20 Å². The van der Waals surface area contributed by atoms with Crippen molar-refractivity contribution in [2.75, 3.05) is 0 Å². The third-order valence-electron chi connectivity index (χ3n) is 1.93. The number of nitrogens with zero attached hydrogens (tertiary/aromatic N) is 2. The minimum Gasteiger partial charge on any atom is -0.290 e. The van der Waals surface area contributed by atoms with Gasteiger partial charge in [-0.15, -0.1) is 0 Å². The normalized spacial score (nSPS) is 10.8. The lowest BCUT2D eigenvalue weighted by molar-refractivity contribution is 1.07. The van der Waals surface area contributed by atoms with E-state index in [2.05, 4.69) is 18.0 Å². The Morgan fingerprint density at radius 2 is 2.33 bits per heavy atom. The van der Waals surface area contributed by atoms with E-state index in [0.29, 0.717) is 5.15 Å². The maximum atomic E-state index is 5.90. The molecule has 0 unspecified atom stereocenters. The van der Waals surface area contributed by atoms with Gasteiger partial charge in [0, 0.05) is 6.20 Å². The van der Waals surface area contributed by atoms with Crippen molar-refractivity contribution in [2.24, 2.45) is 0 Å². The van der Waals surface area contributed by atoms with Crippen LogP contribution in [0.2, 0.25) is 5.15 Å². The maximum absolute atomic E-state index is 5.90. The Balaban J connectivity index is 2.71. The summed E-state index contributed by atoms with van der Waals surface area (Å²) in [5.74, 6) is 0. The van der Waals surface area contributed by atoms with Crippen molar-refractivity contribution in [3.05, 3.63) is 35.2 Å². The summed E-state index contributed by atoms with van der Waals surface area (Å²) in [5.41, 5.74) is 2.17. The van der Waals surface area contributed by atoms with E-state index in [9.17, 15) is 0 Å². The average Bonchev–Trinajstić information content (AvgIpc) is 2.47. The van der Waals surface area contributed by atoms with E-state index in [1.165, 1.54) is 5.56 Å². The highest BCUT2D eigenvalue weighted by molar-refractivity contribution is 6.29. The molecule has 0 atom stereocenters. The van der Waals surface area contributed by atoms with E-state index in [1.807, 2.05) is 16.7 Å². The van der Waals surface area contributed by atoms with Gasteiger partial charge >= 0.3 is 0 Å². The zero-order valence-corrected chi connectivity index (χ0v) is 7.54. The number of hydrogen-bond acceptors (Lipinski definition) is 1. The number of imidazole rings is 1. The first-order valence-corrected chi connectivity index (χ1v) is 4.30. The highest BCUT2D eigenvalue weighted by atomic mass is 35.5. The van der Waals surface area contributed by atoms with Gasteiger partial charge in [-0.1, -0.05) is 24.6 Å². The van der Waals surface area contributed by atoms with Gasteiger partial charge in [-0.25, -0.2) is 4.98 Å². The Labute approximate surface area is 75.8 Å². The number of pyridine rings is 1. The quantitative estimate of drug-likeness (QED) is 0.660. The zero-order valence-electron chi connectivity index (χ0n) is 6.79. The molecule has 12 heavy (non-hydrogen) atoms. The molecule has 2 aromatic heterocycles. The first-order valence-electron chi connectivity index (χ1n) is 3.92. The molecule has 2 rings (SSSR count). The molecule has 2 heterocycles. The van der Waals surface area contributed by atoms with Crippen LogP contribution in [-0.2, 0) is 6.42 Å². The van der Waals surface area contributed by atoms with Gasteiger partial charge < -0.3 is 0 Å². The summed E-state index contributed by atoms with van der Waals surface area (Å²) in [4.78, 5) is 4.12. The van der Waals surface area contributed by atoms with Gasteiger partial charge in [0.2, 0.25) is 0 Å². The van der Waals surface area contributed by atoms with Crippen molar-refractivity contribution in [3.8, 4) is 0 Å². The summed E-state index contributed by atoms with van der Waals surface area (Å²) in [5, 5.41) is 0.667. The molecule has 2 nitrogen and oxygen atoms in total. The van der Waals surface area contributed by atoms with E-state index >= 15 is 0 Å². The van der Waals surface area contributed by atoms with Crippen molar-refractivity contribution in [1.82, 2.24) is 9.38 Å². The summed E-state index contributed by atoms with van der Waals surface area (Å²) in [6, 6.07) is 4.05. The van der Waals surface area contributed by atoms with Crippen molar-refractivity contribution in [3.63, 3.8) is 0 Å². The van der Waals surface area contributed by atoms with Gasteiger partial charge in [0.25, 0.3) is 0 Å². The predicted molar refractivity (Wildman–Crippen MR) is 49.6 cm³/mol. The Morgan fingerprint density at radius 1 is 1.50 bits per heavy atom. The molecular formula is C9H9ClN2. The fourth-order valence-corrected chi connectivity index (χ4v) is 1.39. The molecule has 0 aliphatic heterocycles. The van der Waals surface area contributed by atoms with Crippen molar-refractivity contribution >= 4 is 17.2 Å². The van der Waals surface area contributed by atoms with Crippen LogP contribution in [0.1, 0.15) is 12.5 Å². The van der Waals surface area contributed by atoms with Crippen LogP contribution in [0.3, 0.4) is 0 Å². The molecule has 2 aromatic rings. The van der Waals surface area contributed by atoms with Gasteiger partial charge in [-0.2, -0.15) is 0 Å². The molecule has 0 bridgehead atoms. The molecule has 0 aromatic carbocycles. The van der Waals surface area contributed by atoms with E-state index < -0.39 is 0 Å². The number of aryl methyl sites for hydroxylation is 1. The monoisotopic (exact) mass is 180 g/mol. The Hall–Kier alpha value is -1.02. The smallest absolute Gasteiger partial charge is 0.137 e. The average molecular weight is 181 g/mol. The number of rotatable bonds is 1. The summed E-state index contributed by atoms with van der Waals surface area (Å²) in [6.45, 7) is 2.12. The van der Waals surface area contributed by atoms with Crippen molar-refractivity contribution in [1.29, 1.82) is 0 Å². The van der Waals surface area contributed by atoms with Gasteiger partial charge in [-0.3, -0.25) is 4.40 Å². The highest BCUT2D eigenvalue weighted by Gasteiger charge is 1.99. The molecule has 0 fully saturated rings. The summed E-state index contributed by atoms with van der Waals surface area (Å²) in [7, 11) is 0. The van der Waals surface area contributed by atoms with E-state index in [-0.39, 0.29) is 0 Å². The van der Waals surface area contributed by atoms with Crippen LogP contribution in [0.25, 0.3) is 5.65 Å². The van der Waals surface area contributed by atoms with Gasteiger partial charge in [0.05, 0.1) is 6.20 Å². The number of aromatic nitrogens is 2. The lowest BCUT2D eigenvalue weighted by Crippen LogP contribution is -1.88. The Morgan fingerprint density at radius 3 is 3.08 bits per heavy atom. The lowest BCUT2D eigenvalue weighted by atomic mass is 10.2. The first kappa shape index (κ1) is 7.62. The third-order valence-corrected chi connectivity index (χ3v) is 2.21. The van der Waals surface area contributed by atoms with Gasteiger partial charge in [0.1, 0.15) is 10.8 Å². The molecule has 0 aliphatic rings. The van der Waals surface area contributed by atoms with E-state index in [4.69, 9.17) is 11.6 Å². The number of fused-ring (bicyclic) bond motifs is 1. The standard InChI is InChI=1S/C9H9ClN2/c1-2-7-3-4-9-11-5-8(10)12(9)6-7/h3-6H,2H2,1H3. The molecule has 0 radical (unpaired) electrons. The minimum absolute atomic E-state index is 0.667. The second-order valence-corrected chi connectivity index (χ2v) is 3.09. The second kappa shape index (κ2) is 2.79. The van der Waals surface area contributed by atoms with Crippen LogP contribution in [0.4, 0.5) is 0 Å². The summed E-state index contributed by atoms with van der Waals surface area (Å²) in [6.07, 6.45) is 4.70. The van der Waals surface area contributed by atoms with Crippen LogP contribution in [-0.4, -0.2) is 9.38 Å². The van der Waals surface area contributed by atoms with Gasteiger partial charge in [-0.05, 0) is 18.1 Å². The molecule has 0 spiro atoms. The minimum atomic E-state index is 0.667. The van der Waals surface area contributed by atoms with Crippen LogP contribution in [0.5, 0.6) is 0 Å². The van der Waals surface area contributed by atoms with Crippen LogP contribution in [0.15, 0.2) is 24.5 Å². The van der Waals surface area contributed by atoms with Crippen LogP contribution in [0, 0.1) is 0 Å². The zero-order chi connectivity index (χ0) is 8.55. The molecule has 0 saturated carbocycles. The Bertz CT molecular complexity index is 406. The van der Waals surface area contributed by atoms with E-state index in [0.717, 1.165) is 12.1 Å². The Kier molecular flexibility index (Phi) is 1.77. The molecule has 0 saturated heterocycles. The van der Waals surface area contributed by atoms with Crippen LogP contribution >= 0.6 is 11.6 Å². The topological polar surface area (TPSA) is 17.3 Å². The van der Waals surface area contributed by atoms with Crippen molar-refractivity contribution < 1.29 is 0 Å². The maximum Gasteiger partial charge on any atom is 0.137 e. The number of hydrogen-bond donors (Lipinski definition) is 0. The molecular weight excluding hydrogens is 172 g/mol. The molecule has 62 valence electrons. The predicted octanol–water partition coefficient (Wildman–Crippen LogP) is 2.55. The first-order chi connectivity index (χ1) is 5.81. The highest BCUT2D eigenvalue weighted by Crippen LogP contribution is 2.13. The summed E-state index contributed by atoms with van der Waals surface area (Å²) < 4.78 is 1.89. The molecule has 0 aliphatic carbocycles. The fraction of sp³-hybridized carbons (Fsp3) is 0.222. The van der Waals surface area contributed by atoms with Gasteiger partial charge in [0.15, 0.2) is 0 Å². The molecule has 0 N–H and O–H groups in total. The molecule has 0 amide bonds. The third kappa shape index (κ3) is 1.08. The largest absolute Gasteiger partial charge is 0.290 e. The fourth-order valence-electron chi connectivity index (χ4n) is 1.20. The van der Waals surface area contributed by atoms with Crippen LogP contribution < -0.4 is 0 Å². The lowest BCUT2D eigenvalue weighted by Gasteiger charge is -1.98. The number of halogens is 1. The molecule has 3 heteroatoms.